The van der Waals surface area contributed by atoms with Crippen LogP contribution < -0.4 is 5.32 Å². The van der Waals surface area contributed by atoms with Crippen molar-refractivity contribution in [1.82, 2.24) is 10.2 Å². The highest BCUT2D eigenvalue weighted by molar-refractivity contribution is 5.15. The maximum Gasteiger partial charge on any atom is 0.0599 e. The first kappa shape index (κ1) is 12.5. The van der Waals surface area contributed by atoms with Gasteiger partial charge in [0.05, 0.1) is 13.2 Å². The van der Waals surface area contributed by atoms with Gasteiger partial charge in [-0.1, -0.05) is 30.3 Å². The second-order valence-corrected chi connectivity index (χ2v) is 4.49. The first-order chi connectivity index (χ1) is 8.35. The van der Waals surface area contributed by atoms with Crippen LogP contribution in [0.25, 0.3) is 0 Å². The molecule has 0 aliphatic carbocycles. The predicted octanol–water partition coefficient (Wildman–Crippen LogP) is -0.186. The molecule has 4 nitrogen and oxygen atoms in total. The monoisotopic (exact) mass is 236 g/mol. The minimum absolute atomic E-state index is 0.0844. The molecule has 0 unspecified atom stereocenters. The molecule has 1 aliphatic rings. The summed E-state index contributed by atoms with van der Waals surface area (Å²) in [5.41, 5.74) is 1.21. The molecule has 1 fully saturated rings. The number of rotatable bonds is 4. The van der Waals surface area contributed by atoms with E-state index in [1.54, 1.807) is 0 Å². The molecule has 4 heteroatoms. The number of hydrogen-bond acceptors (Lipinski definition) is 4. The molecule has 2 atom stereocenters. The lowest BCUT2D eigenvalue weighted by atomic mass is 10.1. The van der Waals surface area contributed by atoms with Crippen LogP contribution in [0, 0.1) is 0 Å². The minimum Gasteiger partial charge on any atom is -0.395 e. The van der Waals surface area contributed by atoms with Gasteiger partial charge >= 0.3 is 0 Å². The smallest absolute Gasteiger partial charge is 0.0599 e. The Balaban J connectivity index is 2.08. The minimum atomic E-state index is 0.0844. The van der Waals surface area contributed by atoms with Gasteiger partial charge in [-0.3, -0.25) is 4.90 Å². The van der Waals surface area contributed by atoms with Gasteiger partial charge < -0.3 is 15.5 Å². The van der Waals surface area contributed by atoms with Crippen LogP contribution >= 0.6 is 0 Å². The molecule has 0 bridgehead atoms. The van der Waals surface area contributed by atoms with Gasteiger partial charge in [0.1, 0.15) is 0 Å². The van der Waals surface area contributed by atoms with Gasteiger partial charge in [0.15, 0.2) is 0 Å². The Morgan fingerprint density at radius 2 is 1.65 bits per heavy atom. The Labute approximate surface area is 102 Å². The number of benzene rings is 1. The molecule has 1 heterocycles. The van der Waals surface area contributed by atoms with Crippen molar-refractivity contribution in [2.45, 2.75) is 18.6 Å². The quantitative estimate of drug-likeness (QED) is 0.678. The van der Waals surface area contributed by atoms with Gasteiger partial charge in [-0.15, -0.1) is 0 Å². The molecule has 0 amide bonds. The van der Waals surface area contributed by atoms with E-state index in [-0.39, 0.29) is 25.3 Å². The lowest BCUT2D eigenvalue weighted by molar-refractivity contribution is 0.0226. The Hall–Kier alpha value is -0.940. The third-order valence-corrected chi connectivity index (χ3v) is 3.33. The molecular weight excluding hydrogens is 216 g/mol. The van der Waals surface area contributed by atoms with E-state index in [4.69, 9.17) is 0 Å². The standard InChI is InChI=1S/C13H20N2O2/c16-9-12-6-14-7-13(10-17)15(12)8-11-4-2-1-3-5-11/h1-5,12-14,16-17H,6-10H2/t12-,13+. The fraction of sp³-hybridized carbons (Fsp3) is 0.538. The van der Waals surface area contributed by atoms with Crippen LogP contribution in [0.4, 0.5) is 0 Å². The Morgan fingerprint density at radius 1 is 1.06 bits per heavy atom. The zero-order chi connectivity index (χ0) is 12.1. The highest BCUT2D eigenvalue weighted by Crippen LogP contribution is 2.14. The molecule has 0 radical (unpaired) electrons. The van der Waals surface area contributed by atoms with Gasteiger partial charge in [0.25, 0.3) is 0 Å². The van der Waals surface area contributed by atoms with Crippen LogP contribution in [0.2, 0.25) is 0 Å². The van der Waals surface area contributed by atoms with E-state index in [0.29, 0.717) is 0 Å². The fourth-order valence-electron chi connectivity index (χ4n) is 2.34. The topological polar surface area (TPSA) is 55.7 Å². The number of nitrogens with one attached hydrogen (secondary N) is 1. The summed E-state index contributed by atoms with van der Waals surface area (Å²) >= 11 is 0. The zero-order valence-corrected chi connectivity index (χ0v) is 9.92. The summed E-state index contributed by atoms with van der Waals surface area (Å²) in [6.07, 6.45) is 0. The molecule has 0 spiro atoms. The molecule has 1 aliphatic heterocycles. The summed E-state index contributed by atoms with van der Waals surface area (Å²) in [6.45, 7) is 2.57. The van der Waals surface area contributed by atoms with E-state index in [0.717, 1.165) is 19.6 Å². The zero-order valence-electron chi connectivity index (χ0n) is 9.92. The molecule has 94 valence electrons. The molecule has 17 heavy (non-hydrogen) atoms. The molecule has 0 saturated carbocycles. The van der Waals surface area contributed by atoms with Crippen LogP contribution in [-0.2, 0) is 6.54 Å². The van der Waals surface area contributed by atoms with Crippen molar-refractivity contribution >= 4 is 0 Å². The lowest BCUT2D eigenvalue weighted by Gasteiger charge is -2.41. The van der Waals surface area contributed by atoms with Crippen molar-refractivity contribution < 1.29 is 10.2 Å². The second kappa shape index (κ2) is 6.12. The maximum atomic E-state index is 9.39. The number of hydrogen-bond donors (Lipinski definition) is 3. The third-order valence-electron chi connectivity index (χ3n) is 3.33. The summed E-state index contributed by atoms with van der Waals surface area (Å²) in [5.74, 6) is 0. The third kappa shape index (κ3) is 3.04. The molecule has 1 saturated heterocycles. The number of aliphatic hydroxyl groups is 2. The van der Waals surface area contributed by atoms with Crippen molar-refractivity contribution in [1.29, 1.82) is 0 Å². The highest BCUT2D eigenvalue weighted by Gasteiger charge is 2.29. The average Bonchev–Trinajstić information content (AvgIpc) is 2.40. The van der Waals surface area contributed by atoms with E-state index in [2.05, 4.69) is 22.3 Å². The van der Waals surface area contributed by atoms with E-state index in [1.807, 2.05) is 18.2 Å². The van der Waals surface area contributed by atoms with E-state index >= 15 is 0 Å². The largest absolute Gasteiger partial charge is 0.395 e. The van der Waals surface area contributed by atoms with Crippen LogP contribution in [0.5, 0.6) is 0 Å². The van der Waals surface area contributed by atoms with E-state index in [9.17, 15) is 10.2 Å². The van der Waals surface area contributed by atoms with Crippen molar-refractivity contribution in [3.05, 3.63) is 35.9 Å². The summed E-state index contributed by atoms with van der Waals surface area (Å²) < 4.78 is 0. The van der Waals surface area contributed by atoms with Crippen LogP contribution in [-0.4, -0.2) is 53.5 Å². The van der Waals surface area contributed by atoms with E-state index < -0.39 is 0 Å². The first-order valence-electron chi connectivity index (χ1n) is 6.07. The number of piperazine rings is 1. The summed E-state index contributed by atoms with van der Waals surface area (Å²) in [4.78, 5) is 2.19. The average molecular weight is 236 g/mol. The number of aliphatic hydroxyl groups excluding tert-OH is 2. The van der Waals surface area contributed by atoms with Gasteiger partial charge in [-0.2, -0.15) is 0 Å². The van der Waals surface area contributed by atoms with Crippen LogP contribution in [0.15, 0.2) is 30.3 Å². The van der Waals surface area contributed by atoms with Gasteiger partial charge in [-0.25, -0.2) is 0 Å². The first-order valence-corrected chi connectivity index (χ1v) is 6.07. The highest BCUT2D eigenvalue weighted by atomic mass is 16.3. The summed E-state index contributed by atoms with van der Waals surface area (Å²) in [5, 5.41) is 22.0. The van der Waals surface area contributed by atoms with Crippen molar-refractivity contribution in [2.24, 2.45) is 0 Å². The van der Waals surface area contributed by atoms with Crippen LogP contribution in [0.3, 0.4) is 0 Å². The van der Waals surface area contributed by atoms with Crippen LogP contribution in [0.1, 0.15) is 5.56 Å². The molecule has 1 aromatic rings. The number of nitrogens with zero attached hydrogens (tertiary/aromatic N) is 1. The molecule has 0 aromatic heterocycles. The second-order valence-electron chi connectivity index (χ2n) is 4.49. The Bertz CT molecular complexity index is 319. The SMILES string of the molecule is OC[C@@H]1CNC[C@H](CO)N1Cc1ccccc1. The van der Waals surface area contributed by atoms with Gasteiger partial charge in [-0.05, 0) is 5.56 Å². The molecule has 2 rings (SSSR count). The summed E-state index contributed by atoms with van der Waals surface area (Å²) in [6, 6.07) is 10.3. The predicted molar refractivity (Wildman–Crippen MR) is 66.6 cm³/mol. The maximum absolute atomic E-state index is 9.39. The van der Waals surface area contributed by atoms with Crippen molar-refractivity contribution in [3.63, 3.8) is 0 Å². The summed E-state index contributed by atoms with van der Waals surface area (Å²) in [7, 11) is 0. The molecule has 1 aromatic carbocycles. The normalized spacial score (nSPS) is 26.0. The Kier molecular flexibility index (Phi) is 4.50. The molecular formula is C13H20N2O2. The van der Waals surface area contributed by atoms with Gasteiger partial charge in [0.2, 0.25) is 0 Å². The lowest BCUT2D eigenvalue weighted by Crippen LogP contribution is -2.59. The Morgan fingerprint density at radius 3 is 2.18 bits per heavy atom. The van der Waals surface area contributed by atoms with Crippen molar-refractivity contribution in [3.8, 4) is 0 Å². The fourth-order valence-corrected chi connectivity index (χ4v) is 2.34. The van der Waals surface area contributed by atoms with E-state index in [1.165, 1.54) is 5.56 Å². The van der Waals surface area contributed by atoms with Crippen molar-refractivity contribution in [2.75, 3.05) is 26.3 Å². The molecule has 3 N–H and O–H groups in total. The van der Waals surface area contributed by atoms with Gasteiger partial charge in [0, 0.05) is 31.7 Å².